The molecule has 2 nitrogen and oxygen atoms in total. The summed E-state index contributed by atoms with van der Waals surface area (Å²) in [4.78, 5) is 4.51. The minimum atomic E-state index is 0.314. The average molecular weight is 204 g/mol. The van der Waals surface area contributed by atoms with Crippen molar-refractivity contribution < 1.29 is 4.84 Å². The maximum atomic E-state index is 5.74. The highest BCUT2D eigenvalue weighted by molar-refractivity contribution is 6.69. The molecule has 64 valence electrons. The summed E-state index contributed by atoms with van der Waals surface area (Å²) in [6, 6.07) is 7.02. The van der Waals surface area contributed by atoms with Crippen LogP contribution in [-0.4, -0.2) is 12.3 Å². The van der Waals surface area contributed by atoms with Gasteiger partial charge in [0, 0.05) is 10.6 Å². The molecule has 0 atom stereocenters. The van der Waals surface area contributed by atoms with Crippen LogP contribution in [0.5, 0.6) is 0 Å². The van der Waals surface area contributed by atoms with E-state index >= 15 is 0 Å². The van der Waals surface area contributed by atoms with Gasteiger partial charge in [-0.3, -0.25) is 0 Å². The minimum absolute atomic E-state index is 0.314. The van der Waals surface area contributed by atoms with Gasteiger partial charge in [0.15, 0.2) is 5.17 Å². The van der Waals surface area contributed by atoms with Crippen LogP contribution in [0.15, 0.2) is 29.4 Å². The third-order valence-corrected chi connectivity index (χ3v) is 1.79. The van der Waals surface area contributed by atoms with E-state index in [2.05, 4.69) is 9.99 Å². The molecule has 0 heterocycles. The van der Waals surface area contributed by atoms with Crippen molar-refractivity contribution >= 4 is 28.4 Å². The van der Waals surface area contributed by atoms with Gasteiger partial charge in [-0.05, 0) is 12.1 Å². The highest BCUT2D eigenvalue weighted by Gasteiger charge is 1.98. The van der Waals surface area contributed by atoms with Gasteiger partial charge in [0.25, 0.3) is 0 Å². The Bertz CT molecular complexity index is 282. The van der Waals surface area contributed by atoms with Crippen LogP contribution in [0.2, 0.25) is 5.02 Å². The fraction of sp³-hybridized carbons (Fsp3) is 0.125. The number of halogens is 2. The number of nitrogens with zero attached hydrogens (tertiary/aromatic N) is 1. The Morgan fingerprint density at radius 1 is 1.33 bits per heavy atom. The fourth-order valence-corrected chi connectivity index (χ4v) is 1.04. The Morgan fingerprint density at radius 3 is 2.42 bits per heavy atom. The van der Waals surface area contributed by atoms with Crippen LogP contribution in [0.3, 0.4) is 0 Å². The maximum Gasteiger partial charge on any atom is 0.175 e. The summed E-state index contributed by atoms with van der Waals surface area (Å²) in [5.41, 5.74) is 0.780. The Hall–Kier alpha value is -0.730. The topological polar surface area (TPSA) is 21.6 Å². The van der Waals surface area contributed by atoms with E-state index in [4.69, 9.17) is 23.2 Å². The standard InChI is InChI=1S/C8H7Cl2NO/c1-12-11-8(10)6-2-4-7(9)5-3-6/h2-5H,1H3/b11-8-. The molecule has 4 heteroatoms. The summed E-state index contributed by atoms with van der Waals surface area (Å²) in [5, 5.41) is 4.54. The molecule has 0 saturated heterocycles. The first-order valence-corrected chi connectivity index (χ1v) is 4.02. The summed E-state index contributed by atoms with van der Waals surface area (Å²) in [6.45, 7) is 0. The van der Waals surface area contributed by atoms with Crippen LogP contribution in [0.1, 0.15) is 5.56 Å². The second-order valence-electron chi connectivity index (χ2n) is 2.07. The van der Waals surface area contributed by atoms with E-state index in [0.29, 0.717) is 10.2 Å². The highest BCUT2D eigenvalue weighted by Crippen LogP contribution is 2.11. The van der Waals surface area contributed by atoms with E-state index in [-0.39, 0.29) is 0 Å². The van der Waals surface area contributed by atoms with Crippen LogP contribution >= 0.6 is 23.2 Å². The molecule has 0 fully saturated rings. The van der Waals surface area contributed by atoms with E-state index in [1.807, 2.05) is 0 Å². The first-order chi connectivity index (χ1) is 5.74. The molecule has 0 aliphatic carbocycles. The highest BCUT2D eigenvalue weighted by atomic mass is 35.5. The first kappa shape index (κ1) is 9.36. The minimum Gasteiger partial charge on any atom is -0.398 e. The van der Waals surface area contributed by atoms with Gasteiger partial charge in [0.2, 0.25) is 0 Å². The third-order valence-electron chi connectivity index (χ3n) is 1.25. The molecule has 0 amide bonds. The monoisotopic (exact) mass is 203 g/mol. The van der Waals surface area contributed by atoms with Crippen molar-refractivity contribution in [1.82, 2.24) is 0 Å². The van der Waals surface area contributed by atoms with E-state index in [1.165, 1.54) is 7.11 Å². The van der Waals surface area contributed by atoms with E-state index < -0.39 is 0 Å². The molecule has 0 unspecified atom stereocenters. The summed E-state index contributed by atoms with van der Waals surface area (Å²) in [5.74, 6) is 0. The van der Waals surface area contributed by atoms with Crippen molar-refractivity contribution in [2.75, 3.05) is 7.11 Å². The van der Waals surface area contributed by atoms with Crippen molar-refractivity contribution in [1.29, 1.82) is 0 Å². The zero-order chi connectivity index (χ0) is 8.97. The maximum absolute atomic E-state index is 5.74. The van der Waals surface area contributed by atoms with Crippen LogP contribution in [0.25, 0.3) is 0 Å². The molecule has 1 rings (SSSR count). The Balaban J connectivity index is 2.89. The summed E-state index contributed by atoms with van der Waals surface area (Å²) in [7, 11) is 1.44. The summed E-state index contributed by atoms with van der Waals surface area (Å²) in [6.07, 6.45) is 0. The summed E-state index contributed by atoms with van der Waals surface area (Å²) >= 11 is 11.4. The third kappa shape index (κ3) is 2.40. The molecule has 12 heavy (non-hydrogen) atoms. The van der Waals surface area contributed by atoms with Crippen LogP contribution < -0.4 is 0 Å². The van der Waals surface area contributed by atoms with Gasteiger partial charge in [-0.15, -0.1) is 0 Å². The number of hydrogen-bond donors (Lipinski definition) is 0. The van der Waals surface area contributed by atoms with Crippen molar-refractivity contribution in [3.8, 4) is 0 Å². The predicted molar refractivity (Wildman–Crippen MR) is 50.9 cm³/mol. The largest absolute Gasteiger partial charge is 0.398 e. The van der Waals surface area contributed by atoms with Crippen molar-refractivity contribution in [3.63, 3.8) is 0 Å². The lowest BCUT2D eigenvalue weighted by atomic mass is 10.2. The Kier molecular flexibility index (Phi) is 3.38. The quantitative estimate of drug-likeness (QED) is 0.536. The van der Waals surface area contributed by atoms with Crippen LogP contribution in [-0.2, 0) is 4.84 Å². The smallest absolute Gasteiger partial charge is 0.175 e. The fourth-order valence-electron chi connectivity index (χ4n) is 0.720. The molecule has 0 radical (unpaired) electrons. The number of rotatable bonds is 2. The molecular weight excluding hydrogens is 197 g/mol. The van der Waals surface area contributed by atoms with Gasteiger partial charge < -0.3 is 4.84 Å². The summed E-state index contributed by atoms with van der Waals surface area (Å²) < 4.78 is 0. The molecule has 0 aliphatic rings. The SMILES string of the molecule is CO/N=C(\Cl)c1ccc(Cl)cc1. The van der Waals surface area contributed by atoms with Gasteiger partial charge in [0.1, 0.15) is 7.11 Å². The van der Waals surface area contributed by atoms with Crippen molar-refractivity contribution in [2.24, 2.45) is 5.16 Å². The molecule has 0 aromatic heterocycles. The molecule has 1 aromatic rings. The second kappa shape index (κ2) is 4.33. The second-order valence-corrected chi connectivity index (χ2v) is 2.87. The lowest BCUT2D eigenvalue weighted by Gasteiger charge is -1.96. The molecule has 0 N–H and O–H groups in total. The molecule has 0 saturated carbocycles. The molecule has 0 spiro atoms. The van der Waals surface area contributed by atoms with Gasteiger partial charge in [-0.2, -0.15) is 0 Å². The van der Waals surface area contributed by atoms with Crippen LogP contribution in [0.4, 0.5) is 0 Å². The molecular formula is C8H7Cl2NO. The zero-order valence-corrected chi connectivity index (χ0v) is 7.93. The zero-order valence-electron chi connectivity index (χ0n) is 6.42. The lowest BCUT2D eigenvalue weighted by Crippen LogP contribution is -1.90. The molecule has 0 bridgehead atoms. The number of hydrogen-bond acceptors (Lipinski definition) is 2. The van der Waals surface area contributed by atoms with Gasteiger partial charge in [-0.1, -0.05) is 40.5 Å². The van der Waals surface area contributed by atoms with E-state index in [0.717, 1.165) is 5.56 Å². The normalized spacial score (nSPS) is 11.4. The number of benzene rings is 1. The predicted octanol–water partition coefficient (Wildman–Crippen LogP) is 2.89. The van der Waals surface area contributed by atoms with Crippen molar-refractivity contribution in [3.05, 3.63) is 34.9 Å². The molecule has 1 aromatic carbocycles. The first-order valence-electron chi connectivity index (χ1n) is 3.26. The van der Waals surface area contributed by atoms with E-state index in [1.54, 1.807) is 24.3 Å². The van der Waals surface area contributed by atoms with Crippen LogP contribution in [0, 0.1) is 0 Å². The van der Waals surface area contributed by atoms with Gasteiger partial charge in [0.05, 0.1) is 0 Å². The number of oxime groups is 1. The van der Waals surface area contributed by atoms with E-state index in [9.17, 15) is 0 Å². The Morgan fingerprint density at radius 2 is 1.92 bits per heavy atom. The van der Waals surface area contributed by atoms with Gasteiger partial charge >= 0.3 is 0 Å². The van der Waals surface area contributed by atoms with Crippen molar-refractivity contribution in [2.45, 2.75) is 0 Å². The Labute approximate surface area is 80.7 Å². The van der Waals surface area contributed by atoms with Gasteiger partial charge in [-0.25, -0.2) is 0 Å². The average Bonchev–Trinajstić information content (AvgIpc) is 2.06. The molecule has 0 aliphatic heterocycles. The lowest BCUT2D eigenvalue weighted by molar-refractivity contribution is 0.214.